The summed E-state index contributed by atoms with van der Waals surface area (Å²) < 4.78 is 10.4. The van der Waals surface area contributed by atoms with Gasteiger partial charge in [-0.15, -0.1) is 0 Å². The zero-order valence-corrected chi connectivity index (χ0v) is 13.0. The van der Waals surface area contributed by atoms with Crippen molar-refractivity contribution < 1.29 is 19.4 Å². The first-order chi connectivity index (χ1) is 9.73. The predicted octanol–water partition coefficient (Wildman–Crippen LogP) is 2.32. The highest BCUT2D eigenvalue weighted by atomic mass is 16.6. The van der Waals surface area contributed by atoms with Crippen molar-refractivity contribution in [1.29, 1.82) is 0 Å². The van der Waals surface area contributed by atoms with Crippen LogP contribution in [0, 0.1) is 0 Å². The minimum absolute atomic E-state index is 0.0629. The van der Waals surface area contributed by atoms with E-state index in [1.807, 2.05) is 6.92 Å². The molecule has 21 heavy (non-hydrogen) atoms. The molecule has 0 bridgehead atoms. The summed E-state index contributed by atoms with van der Waals surface area (Å²) in [4.78, 5) is 11.6. The number of hydrogen-bond acceptors (Lipinski definition) is 5. The largest absolute Gasteiger partial charge is 0.504 e. The topological polar surface area (TPSA) is 93.8 Å². The molecule has 0 heterocycles. The maximum absolute atomic E-state index is 11.6. The zero-order valence-electron chi connectivity index (χ0n) is 13.0. The molecule has 0 saturated carbocycles. The standard InChI is InChI=1S/C15H24N2O4/c1-5-20-13-8-10(6-7-12(13)18)11(16)9-17-14(19)21-15(2,3)4/h6-8,11,18H,5,9,16H2,1-4H3,(H,17,19). The fourth-order valence-corrected chi connectivity index (χ4v) is 1.66. The first-order valence-electron chi connectivity index (χ1n) is 6.91. The van der Waals surface area contributed by atoms with Crippen molar-refractivity contribution in [3.05, 3.63) is 23.8 Å². The van der Waals surface area contributed by atoms with Crippen molar-refractivity contribution in [2.45, 2.75) is 39.3 Å². The van der Waals surface area contributed by atoms with Gasteiger partial charge in [0.25, 0.3) is 0 Å². The molecule has 0 radical (unpaired) electrons. The Balaban J connectivity index is 2.61. The number of alkyl carbamates (subject to hydrolysis) is 1. The van der Waals surface area contributed by atoms with E-state index in [0.717, 1.165) is 5.56 Å². The van der Waals surface area contributed by atoms with Crippen molar-refractivity contribution >= 4 is 6.09 Å². The Hall–Kier alpha value is -1.95. The molecule has 0 aromatic heterocycles. The molecule has 1 unspecified atom stereocenters. The molecule has 1 aromatic carbocycles. The van der Waals surface area contributed by atoms with Crippen molar-refractivity contribution in [3.8, 4) is 11.5 Å². The van der Waals surface area contributed by atoms with Gasteiger partial charge in [-0.05, 0) is 45.4 Å². The highest BCUT2D eigenvalue weighted by Crippen LogP contribution is 2.28. The second kappa shape index (κ2) is 7.17. The number of ether oxygens (including phenoxy) is 2. The Morgan fingerprint density at radius 1 is 1.43 bits per heavy atom. The molecule has 0 aliphatic heterocycles. The van der Waals surface area contributed by atoms with Gasteiger partial charge in [-0.3, -0.25) is 0 Å². The number of amides is 1. The number of aromatic hydroxyl groups is 1. The Morgan fingerprint density at radius 3 is 2.67 bits per heavy atom. The van der Waals surface area contributed by atoms with E-state index < -0.39 is 17.7 Å². The SMILES string of the molecule is CCOc1cc(C(N)CNC(=O)OC(C)(C)C)ccc1O. The predicted molar refractivity (Wildman–Crippen MR) is 80.4 cm³/mol. The monoisotopic (exact) mass is 296 g/mol. The first kappa shape index (κ1) is 17.1. The molecule has 118 valence electrons. The third kappa shape index (κ3) is 5.91. The van der Waals surface area contributed by atoms with Crippen LogP contribution in [0.25, 0.3) is 0 Å². The Bertz CT molecular complexity index is 483. The van der Waals surface area contributed by atoms with E-state index >= 15 is 0 Å². The molecule has 4 N–H and O–H groups in total. The third-order valence-electron chi connectivity index (χ3n) is 2.58. The molecule has 0 aliphatic rings. The summed E-state index contributed by atoms with van der Waals surface area (Å²) in [5.74, 6) is 0.440. The van der Waals surface area contributed by atoms with Crippen molar-refractivity contribution in [2.75, 3.05) is 13.2 Å². The van der Waals surface area contributed by atoms with E-state index in [0.29, 0.717) is 12.4 Å². The number of benzene rings is 1. The first-order valence-corrected chi connectivity index (χ1v) is 6.91. The molecule has 0 fully saturated rings. The second-order valence-corrected chi connectivity index (χ2v) is 5.65. The van der Waals surface area contributed by atoms with Crippen molar-refractivity contribution in [1.82, 2.24) is 5.32 Å². The number of nitrogens with one attached hydrogen (secondary N) is 1. The summed E-state index contributed by atoms with van der Waals surface area (Å²) in [6.45, 7) is 7.88. The van der Waals surface area contributed by atoms with Crippen molar-refractivity contribution in [2.24, 2.45) is 5.73 Å². The maximum atomic E-state index is 11.6. The van der Waals surface area contributed by atoms with Gasteiger partial charge in [0.1, 0.15) is 5.60 Å². The number of nitrogens with two attached hydrogens (primary N) is 1. The van der Waals surface area contributed by atoms with Crippen LogP contribution < -0.4 is 15.8 Å². The van der Waals surface area contributed by atoms with Gasteiger partial charge in [-0.25, -0.2) is 4.79 Å². The molecule has 0 aliphatic carbocycles. The minimum atomic E-state index is -0.547. The minimum Gasteiger partial charge on any atom is -0.504 e. The highest BCUT2D eigenvalue weighted by molar-refractivity contribution is 5.67. The molecule has 1 amide bonds. The van der Waals surface area contributed by atoms with Gasteiger partial charge in [0, 0.05) is 12.6 Å². The van der Waals surface area contributed by atoms with Crippen LogP contribution in [0.3, 0.4) is 0 Å². The average Bonchev–Trinajstić information content (AvgIpc) is 2.37. The molecule has 1 atom stereocenters. The number of carbonyl (C=O) groups excluding carboxylic acids is 1. The summed E-state index contributed by atoms with van der Waals surface area (Å²) in [5, 5.41) is 12.3. The molecular formula is C15H24N2O4. The fraction of sp³-hybridized carbons (Fsp3) is 0.533. The summed E-state index contributed by atoms with van der Waals surface area (Å²) in [6, 6.07) is 4.46. The summed E-state index contributed by atoms with van der Waals surface area (Å²) in [7, 11) is 0. The quantitative estimate of drug-likeness (QED) is 0.775. The lowest BCUT2D eigenvalue weighted by Gasteiger charge is -2.21. The van der Waals surface area contributed by atoms with Crippen LogP contribution in [0.5, 0.6) is 11.5 Å². The van der Waals surface area contributed by atoms with Gasteiger partial charge in [0.2, 0.25) is 0 Å². The number of phenolic OH excluding ortho intramolecular Hbond substituents is 1. The Kier molecular flexibility index (Phi) is 5.84. The van der Waals surface area contributed by atoms with Crippen LogP contribution in [-0.2, 0) is 4.74 Å². The lowest BCUT2D eigenvalue weighted by molar-refractivity contribution is 0.0524. The number of phenols is 1. The molecule has 0 spiro atoms. The van der Waals surface area contributed by atoms with Crippen LogP contribution in [0.2, 0.25) is 0 Å². The lowest BCUT2D eigenvalue weighted by atomic mass is 10.1. The molecule has 0 saturated heterocycles. The summed E-state index contributed by atoms with van der Waals surface area (Å²) in [6.07, 6.45) is -0.512. The van der Waals surface area contributed by atoms with E-state index in [1.54, 1.807) is 32.9 Å². The van der Waals surface area contributed by atoms with Gasteiger partial charge in [0.15, 0.2) is 11.5 Å². The van der Waals surface area contributed by atoms with Gasteiger partial charge < -0.3 is 25.6 Å². The van der Waals surface area contributed by atoms with Crippen LogP contribution >= 0.6 is 0 Å². The van der Waals surface area contributed by atoms with Crippen LogP contribution in [-0.4, -0.2) is 30.0 Å². The third-order valence-corrected chi connectivity index (χ3v) is 2.58. The average molecular weight is 296 g/mol. The smallest absolute Gasteiger partial charge is 0.407 e. The van der Waals surface area contributed by atoms with Crippen LogP contribution in [0.1, 0.15) is 39.3 Å². The molecule has 6 heteroatoms. The van der Waals surface area contributed by atoms with E-state index in [2.05, 4.69) is 5.32 Å². The maximum Gasteiger partial charge on any atom is 0.407 e. The fourth-order valence-electron chi connectivity index (χ4n) is 1.66. The number of rotatable bonds is 5. The normalized spacial score (nSPS) is 12.6. The number of carbonyl (C=O) groups is 1. The van der Waals surface area contributed by atoms with E-state index in [-0.39, 0.29) is 12.3 Å². The molecule has 6 nitrogen and oxygen atoms in total. The highest BCUT2D eigenvalue weighted by Gasteiger charge is 2.17. The second-order valence-electron chi connectivity index (χ2n) is 5.65. The summed E-state index contributed by atoms with van der Waals surface area (Å²) in [5.41, 5.74) is 6.22. The van der Waals surface area contributed by atoms with Gasteiger partial charge in [-0.2, -0.15) is 0 Å². The zero-order chi connectivity index (χ0) is 16.0. The van der Waals surface area contributed by atoms with Gasteiger partial charge >= 0.3 is 6.09 Å². The van der Waals surface area contributed by atoms with Gasteiger partial charge in [0.05, 0.1) is 6.61 Å². The number of hydrogen-bond donors (Lipinski definition) is 3. The molecular weight excluding hydrogens is 272 g/mol. The van der Waals surface area contributed by atoms with Gasteiger partial charge in [-0.1, -0.05) is 6.07 Å². The van der Waals surface area contributed by atoms with E-state index in [1.165, 1.54) is 6.07 Å². The molecule has 1 aromatic rings. The molecule has 1 rings (SSSR count). The lowest BCUT2D eigenvalue weighted by Crippen LogP contribution is -2.36. The van der Waals surface area contributed by atoms with Crippen LogP contribution in [0.15, 0.2) is 18.2 Å². The van der Waals surface area contributed by atoms with E-state index in [9.17, 15) is 9.90 Å². The van der Waals surface area contributed by atoms with Crippen molar-refractivity contribution in [3.63, 3.8) is 0 Å². The Labute approximate surface area is 125 Å². The van der Waals surface area contributed by atoms with E-state index in [4.69, 9.17) is 15.2 Å². The summed E-state index contributed by atoms with van der Waals surface area (Å²) >= 11 is 0. The van der Waals surface area contributed by atoms with Crippen LogP contribution in [0.4, 0.5) is 4.79 Å². The Morgan fingerprint density at radius 2 is 2.10 bits per heavy atom.